The molecular formula is C15H16N4O. The molecule has 5 heteroatoms. The minimum Gasteiger partial charge on any atom is -0.397 e. The Bertz CT molecular complexity index is 682. The Kier molecular flexibility index (Phi) is 3.02. The molecule has 0 radical (unpaired) electrons. The number of amides is 1. The number of aryl methyl sites for hydroxylation is 2. The number of nitrogens with two attached hydrogens (primary N) is 1. The Balaban J connectivity index is 1.86. The molecule has 1 aliphatic heterocycles. The summed E-state index contributed by atoms with van der Waals surface area (Å²) >= 11 is 0. The lowest BCUT2D eigenvalue weighted by molar-refractivity contribution is -0.116. The molecule has 3 rings (SSSR count). The van der Waals surface area contributed by atoms with Crippen LogP contribution in [0.15, 0.2) is 30.5 Å². The van der Waals surface area contributed by atoms with E-state index in [9.17, 15) is 4.79 Å². The van der Waals surface area contributed by atoms with Crippen LogP contribution in [-0.4, -0.2) is 10.9 Å². The van der Waals surface area contributed by atoms with E-state index in [-0.39, 0.29) is 5.91 Å². The second-order valence-electron chi connectivity index (χ2n) is 4.98. The molecule has 2 aromatic rings. The number of nitrogens with zero attached hydrogens (tertiary/aromatic N) is 1. The molecule has 0 saturated carbocycles. The number of anilines is 4. The van der Waals surface area contributed by atoms with Crippen molar-refractivity contribution in [1.29, 1.82) is 0 Å². The summed E-state index contributed by atoms with van der Waals surface area (Å²) in [5.41, 5.74) is 10.3. The van der Waals surface area contributed by atoms with Crippen LogP contribution in [0.4, 0.5) is 22.9 Å². The van der Waals surface area contributed by atoms with E-state index in [1.165, 1.54) is 0 Å². The SMILES string of the molecule is Cc1cc(N)cnc1Nc1ccc2c(c1)CCC(=O)N2. The third-order valence-electron chi connectivity index (χ3n) is 3.36. The van der Waals surface area contributed by atoms with Crippen molar-refractivity contribution in [3.63, 3.8) is 0 Å². The third-order valence-corrected chi connectivity index (χ3v) is 3.36. The van der Waals surface area contributed by atoms with Crippen molar-refractivity contribution in [3.8, 4) is 0 Å². The molecular weight excluding hydrogens is 252 g/mol. The first-order valence-corrected chi connectivity index (χ1v) is 6.54. The van der Waals surface area contributed by atoms with Gasteiger partial charge in [0.1, 0.15) is 5.82 Å². The van der Waals surface area contributed by atoms with E-state index in [0.29, 0.717) is 12.1 Å². The minimum absolute atomic E-state index is 0.0780. The number of hydrogen-bond acceptors (Lipinski definition) is 4. The Morgan fingerprint density at radius 1 is 1.30 bits per heavy atom. The fourth-order valence-electron chi connectivity index (χ4n) is 2.33. The van der Waals surface area contributed by atoms with E-state index < -0.39 is 0 Å². The van der Waals surface area contributed by atoms with Gasteiger partial charge in [-0.05, 0) is 48.7 Å². The summed E-state index contributed by atoms with van der Waals surface area (Å²) < 4.78 is 0. The van der Waals surface area contributed by atoms with Crippen molar-refractivity contribution in [2.45, 2.75) is 19.8 Å². The Labute approximate surface area is 117 Å². The lowest BCUT2D eigenvalue weighted by atomic mass is 10.0. The molecule has 0 fully saturated rings. The van der Waals surface area contributed by atoms with Crippen LogP contribution in [0.2, 0.25) is 0 Å². The van der Waals surface area contributed by atoms with Crippen LogP contribution in [-0.2, 0) is 11.2 Å². The van der Waals surface area contributed by atoms with Gasteiger partial charge in [-0.25, -0.2) is 4.98 Å². The molecule has 102 valence electrons. The fraction of sp³-hybridized carbons (Fsp3) is 0.200. The zero-order valence-electron chi connectivity index (χ0n) is 11.2. The summed E-state index contributed by atoms with van der Waals surface area (Å²) in [6.45, 7) is 1.96. The van der Waals surface area contributed by atoms with Gasteiger partial charge >= 0.3 is 0 Å². The molecule has 1 aromatic heterocycles. The van der Waals surface area contributed by atoms with Crippen LogP contribution in [0.1, 0.15) is 17.5 Å². The summed E-state index contributed by atoms with van der Waals surface area (Å²) in [4.78, 5) is 15.6. The maximum absolute atomic E-state index is 11.3. The highest BCUT2D eigenvalue weighted by Crippen LogP contribution is 2.27. The summed E-state index contributed by atoms with van der Waals surface area (Å²) in [7, 11) is 0. The molecule has 2 heterocycles. The zero-order valence-corrected chi connectivity index (χ0v) is 11.2. The van der Waals surface area contributed by atoms with Crippen molar-refractivity contribution in [2.75, 3.05) is 16.4 Å². The first-order chi connectivity index (χ1) is 9.61. The largest absolute Gasteiger partial charge is 0.397 e. The molecule has 20 heavy (non-hydrogen) atoms. The molecule has 0 spiro atoms. The predicted octanol–water partition coefficient (Wildman–Crippen LogP) is 2.60. The quantitative estimate of drug-likeness (QED) is 0.782. The molecule has 0 saturated heterocycles. The van der Waals surface area contributed by atoms with Gasteiger partial charge in [-0.3, -0.25) is 4.79 Å². The Morgan fingerprint density at radius 3 is 2.95 bits per heavy atom. The highest BCUT2D eigenvalue weighted by Gasteiger charge is 2.14. The van der Waals surface area contributed by atoms with E-state index in [0.717, 1.165) is 34.7 Å². The lowest BCUT2D eigenvalue weighted by Crippen LogP contribution is -2.18. The number of hydrogen-bond donors (Lipinski definition) is 3. The van der Waals surface area contributed by atoms with Gasteiger partial charge < -0.3 is 16.4 Å². The predicted molar refractivity (Wildman–Crippen MR) is 80.1 cm³/mol. The molecule has 4 N–H and O–H groups in total. The van der Waals surface area contributed by atoms with E-state index in [1.54, 1.807) is 6.20 Å². The van der Waals surface area contributed by atoms with Gasteiger partial charge in [-0.1, -0.05) is 0 Å². The number of carbonyl (C=O) groups is 1. The number of fused-ring (bicyclic) bond motifs is 1. The second kappa shape index (κ2) is 4.85. The number of carbonyl (C=O) groups excluding carboxylic acids is 1. The summed E-state index contributed by atoms with van der Waals surface area (Å²) in [5.74, 6) is 0.869. The first-order valence-electron chi connectivity index (χ1n) is 6.54. The molecule has 0 unspecified atom stereocenters. The molecule has 0 aliphatic carbocycles. The molecule has 0 atom stereocenters. The number of nitrogens with one attached hydrogen (secondary N) is 2. The number of pyridine rings is 1. The van der Waals surface area contributed by atoms with Gasteiger partial charge in [-0.15, -0.1) is 0 Å². The van der Waals surface area contributed by atoms with E-state index in [4.69, 9.17) is 5.73 Å². The third kappa shape index (κ3) is 2.42. The van der Waals surface area contributed by atoms with Gasteiger partial charge in [0, 0.05) is 17.8 Å². The molecule has 1 aliphatic rings. The molecule has 1 amide bonds. The summed E-state index contributed by atoms with van der Waals surface area (Å²) in [6.07, 6.45) is 2.94. The van der Waals surface area contributed by atoms with Crippen LogP contribution < -0.4 is 16.4 Å². The van der Waals surface area contributed by atoms with Crippen molar-refractivity contribution >= 4 is 28.8 Å². The topological polar surface area (TPSA) is 80.0 Å². The highest BCUT2D eigenvalue weighted by atomic mass is 16.1. The van der Waals surface area contributed by atoms with Gasteiger partial charge in [0.05, 0.1) is 11.9 Å². The first kappa shape index (κ1) is 12.5. The molecule has 0 bridgehead atoms. The second-order valence-corrected chi connectivity index (χ2v) is 4.98. The monoisotopic (exact) mass is 268 g/mol. The van der Waals surface area contributed by atoms with Gasteiger partial charge in [0.2, 0.25) is 5.91 Å². The molecule has 5 nitrogen and oxygen atoms in total. The number of rotatable bonds is 2. The van der Waals surface area contributed by atoms with Crippen molar-refractivity contribution in [3.05, 3.63) is 41.6 Å². The van der Waals surface area contributed by atoms with Crippen molar-refractivity contribution < 1.29 is 4.79 Å². The van der Waals surface area contributed by atoms with Crippen LogP contribution in [0.3, 0.4) is 0 Å². The normalized spacial score (nSPS) is 13.6. The van der Waals surface area contributed by atoms with Crippen LogP contribution in [0.5, 0.6) is 0 Å². The standard InChI is InChI=1S/C15H16N4O/c1-9-6-11(16)8-17-15(9)18-12-3-4-13-10(7-12)2-5-14(20)19-13/h3-4,6-8H,2,5,16H2,1H3,(H,17,18)(H,19,20). The number of aromatic nitrogens is 1. The van der Waals surface area contributed by atoms with Gasteiger partial charge in [0.15, 0.2) is 0 Å². The van der Waals surface area contributed by atoms with Gasteiger partial charge in [0.25, 0.3) is 0 Å². The fourth-order valence-corrected chi connectivity index (χ4v) is 2.33. The lowest BCUT2D eigenvalue weighted by Gasteiger charge is -2.18. The summed E-state index contributed by atoms with van der Waals surface area (Å²) in [5, 5.41) is 6.15. The number of benzene rings is 1. The van der Waals surface area contributed by atoms with E-state index in [1.807, 2.05) is 31.2 Å². The highest BCUT2D eigenvalue weighted by molar-refractivity contribution is 5.94. The smallest absolute Gasteiger partial charge is 0.224 e. The van der Waals surface area contributed by atoms with Crippen LogP contribution in [0, 0.1) is 6.92 Å². The maximum atomic E-state index is 11.3. The Hall–Kier alpha value is -2.56. The summed E-state index contributed by atoms with van der Waals surface area (Å²) in [6, 6.07) is 7.78. The Morgan fingerprint density at radius 2 is 2.15 bits per heavy atom. The average molecular weight is 268 g/mol. The van der Waals surface area contributed by atoms with Crippen LogP contribution >= 0.6 is 0 Å². The van der Waals surface area contributed by atoms with E-state index >= 15 is 0 Å². The van der Waals surface area contributed by atoms with Crippen LogP contribution in [0.25, 0.3) is 0 Å². The maximum Gasteiger partial charge on any atom is 0.224 e. The van der Waals surface area contributed by atoms with E-state index in [2.05, 4.69) is 15.6 Å². The zero-order chi connectivity index (χ0) is 14.1. The number of nitrogen functional groups attached to an aromatic ring is 1. The van der Waals surface area contributed by atoms with Gasteiger partial charge in [-0.2, -0.15) is 0 Å². The average Bonchev–Trinajstić information content (AvgIpc) is 2.42. The van der Waals surface area contributed by atoms with Crippen molar-refractivity contribution in [1.82, 2.24) is 4.98 Å². The minimum atomic E-state index is 0.0780. The molecule has 1 aromatic carbocycles. The van der Waals surface area contributed by atoms with Crippen molar-refractivity contribution in [2.24, 2.45) is 0 Å².